The number of hydrogen-bond acceptors (Lipinski definition) is 4. The Morgan fingerprint density at radius 2 is 2.00 bits per heavy atom. The van der Waals surface area contributed by atoms with Gasteiger partial charge in [-0.2, -0.15) is 5.10 Å². The number of amides is 1. The Kier molecular flexibility index (Phi) is 5.90. The minimum Gasteiger partial charge on any atom is -0.479 e. The van der Waals surface area contributed by atoms with E-state index in [1.54, 1.807) is 0 Å². The minimum atomic E-state index is -1.17. The summed E-state index contributed by atoms with van der Waals surface area (Å²) in [6, 6.07) is 7.47. The zero-order chi connectivity index (χ0) is 17.7. The lowest BCUT2D eigenvalue weighted by molar-refractivity contribution is -0.146. The van der Waals surface area contributed by atoms with Crippen LogP contribution in [0.15, 0.2) is 36.7 Å². The van der Waals surface area contributed by atoms with E-state index in [2.05, 4.69) is 10.4 Å². The Hall–Kier alpha value is -1.99. The normalized spacial score (nSPS) is 11.3. The average molecular weight is 368 g/mol. The Balaban J connectivity index is 1.83. The van der Waals surface area contributed by atoms with Crippen LogP contribution in [0.3, 0.4) is 0 Å². The second-order valence-electron chi connectivity index (χ2n) is 5.71. The van der Waals surface area contributed by atoms with Gasteiger partial charge in [-0.05, 0) is 31.5 Å². The molecule has 0 bridgehead atoms. The van der Waals surface area contributed by atoms with Gasteiger partial charge in [-0.3, -0.25) is 9.48 Å². The number of carbonyl (C=O) groups is 2. The second kappa shape index (κ2) is 7.72. The van der Waals surface area contributed by atoms with Gasteiger partial charge in [0.2, 0.25) is 5.91 Å². The van der Waals surface area contributed by atoms with E-state index in [1.165, 1.54) is 42.7 Å². The zero-order valence-electron chi connectivity index (χ0n) is 13.3. The maximum atomic E-state index is 11.9. The molecule has 0 aliphatic heterocycles. The number of carboxylic acids is 1. The Morgan fingerprint density at radius 3 is 2.62 bits per heavy atom. The number of carboxylic acid groups (broad SMARTS) is 1. The van der Waals surface area contributed by atoms with Crippen LogP contribution in [-0.2, 0) is 20.9 Å². The standard InChI is InChI=1S/C16H18ClN3O3S/c1-16(2,15(22)23)20-8-13(7-18-20)19-14(21)10-24-9-11-3-5-12(17)6-4-11/h3-8H,9-10H2,1-2H3,(H,19,21)(H,22,23). The fourth-order valence-corrected chi connectivity index (χ4v) is 2.74. The number of aromatic nitrogens is 2. The van der Waals surface area contributed by atoms with Crippen LogP contribution in [0.4, 0.5) is 5.69 Å². The van der Waals surface area contributed by atoms with E-state index in [9.17, 15) is 9.59 Å². The third kappa shape index (κ3) is 4.75. The summed E-state index contributed by atoms with van der Waals surface area (Å²) >= 11 is 7.30. The lowest BCUT2D eigenvalue weighted by Gasteiger charge is -2.19. The molecule has 0 aliphatic carbocycles. The van der Waals surface area contributed by atoms with Crippen LogP contribution in [0.1, 0.15) is 19.4 Å². The molecule has 128 valence electrons. The van der Waals surface area contributed by atoms with Gasteiger partial charge in [0.25, 0.3) is 0 Å². The fraction of sp³-hybridized carbons (Fsp3) is 0.312. The third-order valence-electron chi connectivity index (χ3n) is 3.38. The van der Waals surface area contributed by atoms with Gasteiger partial charge >= 0.3 is 5.97 Å². The van der Waals surface area contributed by atoms with Gasteiger partial charge in [0, 0.05) is 17.0 Å². The number of nitrogens with zero attached hydrogens (tertiary/aromatic N) is 2. The molecule has 1 heterocycles. The molecule has 6 nitrogen and oxygen atoms in total. The van der Waals surface area contributed by atoms with Crippen LogP contribution < -0.4 is 5.32 Å². The maximum Gasteiger partial charge on any atom is 0.331 e. The molecule has 2 rings (SSSR count). The van der Waals surface area contributed by atoms with Gasteiger partial charge in [-0.25, -0.2) is 4.79 Å². The molecular formula is C16H18ClN3O3S. The van der Waals surface area contributed by atoms with Crippen LogP contribution in [0.25, 0.3) is 0 Å². The van der Waals surface area contributed by atoms with Gasteiger partial charge in [-0.1, -0.05) is 23.7 Å². The van der Waals surface area contributed by atoms with E-state index in [4.69, 9.17) is 16.7 Å². The van der Waals surface area contributed by atoms with E-state index in [1.807, 2.05) is 24.3 Å². The smallest absolute Gasteiger partial charge is 0.331 e. The first-order valence-electron chi connectivity index (χ1n) is 7.19. The summed E-state index contributed by atoms with van der Waals surface area (Å²) in [5, 5.41) is 16.6. The lowest BCUT2D eigenvalue weighted by Crippen LogP contribution is -2.35. The van der Waals surface area contributed by atoms with Crippen molar-refractivity contribution in [2.24, 2.45) is 0 Å². The van der Waals surface area contributed by atoms with E-state index < -0.39 is 11.5 Å². The monoisotopic (exact) mass is 367 g/mol. The van der Waals surface area contributed by atoms with Crippen LogP contribution in [0.5, 0.6) is 0 Å². The van der Waals surface area contributed by atoms with Crippen LogP contribution >= 0.6 is 23.4 Å². The van der Waals surface area contributed by atoms with Crippen molar-refractivity contribution in [2.75, 3.05) is 11.1 Å². The van der Waals surface area contributed by atoms with Crippen LogP contribution in [0.2, 0.25) is 5.02 Å². The number of hydrogen-bond donors (Lipinski definition) is 2. The molecule has 0 fully saturated rings. The van der Waals surface area contributed by atoms with Crippen molar-refractivity contribution in [1.29, 1.82) is 0 Å². The van der Waals surface area contributed by atoms with Crippen molar-refractivity contribution in [3.05, 3.63) is 47.2 Å². The molecule has 2 aromatic rings. The third-order valence-corrected chi connectivity index (χ3v) is 4.63. The molecule has 1 aromatic heterocycles. The van der Waals surface area contributed by atoms with Crippen molar-refractivity contribution in [1.82, 2.24) is 9.78 Å². The second-order valence-corrected chi connectivity index (χ2v) is 7.13. The number of thioether (sulfide) groups is 1. The molecule has 24 heavy (non-hydrogen) atoms. The van der Waals surface area contributed by atoms with Crippen LogP contribution in [0, 0.1) is 0 Å². The van der Waals surface area contributed by atoms with E-state index >= 15 is 0 Å². The predicted octanol–water partition coefficient (Wildman–Crippen LogP) is 3.23. The molecule has 2 N–H and O–H groups in total. The van der Waals surface area contributed by atoms with Gasteiger partial charge < -0.3 is 10.4 Å². The molecule has 0 atom stereocenters. The number of nitrogens with one attached hydrogen (secondary N) is 1. The van der Waals surface area contributed by atoms with Gasteiger partial charge in [0.15, 0.2) is 5.54 Å². The molecule has 0 saturated carbocycles. The first-order valence-corrected chi connectivity index (χ1v) is 8.73. The van der Waals surface area contributed by atoms with E-state index in [0.29, 0.717) is 16.5 Å². The van der Waals surface area contributed by atoms with Gasteiger partial charge in [0.05, 0.1) is 17.6 Å². The van der Waals surface area contributed by atoms with Crippen molar-refractivity contribution >= 4 is 40.9 Å². The topological polar surface area (TPSA) is 84.2 Å². The summed E-state index contributed by atoms with van der Waals surface area (Å²) in [6.45, 7) is 3.08. The van der Waals surface area contributed by atoms with E-state index in [-0.39, 0.29) is 11.7 Å². The lowest BCUT2D eigenvalue weighted by atomic mass is 10.1. The van der Waals surface area contributed by atoms with E-state index in [0.717, 1.165) is 5.56 Å². The summed E-state index contributed by atoms with van der Waals surface area (Å²) in [5.74, 6) is -0.171. The molecule has 0 spiro atoms. The predicted molar refractivity (Wildman–Crippen MR) is 95.4 cm³/mol. The fourth-order valence-electron chi connectivity index (χ4n) is 1.83. The van der Waals surface area contributed by atoms with Crippen molar-refractivity contribution < 1.29 is 14.7 Å². The SMILES string of the molecule is CC(C)(C(=O)O)n1cc(NC(=O)CSCc2ccc(Cl)cc2)cn1. The van der Waals surface area contributed by atoms with Crippen LogP contribution in [-0.4, -0.2) is 32.5 Å². The highest BCUT2D eigenvalue weighted by Crippen LogP contribution is 2.18. The molecule has 0 aliphatic rings. The Bertz CT molecular complexity index is 728. The van der Waals surface area contributed by atoms with Gasteiger partial charge in [0.1, 0.15) is 0 Å². The highest BCUT2D eigenvalue weighted by Gasteiger charge is 2.30. The summed E-state index contributed by atoms with van der Waals surface area (Å²) in [4.78, 5) is 23.1. The zero-order valence-corrected chi connectivity index (χ0v) is 14.9. The number of rotatable bonds is 7. The van der Waals surface area contributed by atoms with Crippen molar-refractivity contribution in [3.63, 3.8) is 0 Å². The molecule has 8 heteroatoms. The van der Waals surface area contributed by atoms with Crippen molar-refractivity contribution in [3.8, 4) is 0 Å². The number of halogens is 1. The highest BCUT2D eigenvalue weighted by molar-refractivity contribution is 7.99. The number of anilines is 1. The number of benzene rings is 1. The quantitative estimate of drug-likeness (QED) is 0.784. The summed E-state index contributed by atoms with van der Waals surface area (Å²) in [5.41, 5.74) is 0.390. The summed E-state index contributed by atoms with van der Waals surface area (Å²) in [7, 11) is 0. The molecule has 1 aromatic carbocycles. The molecular weight excluding hydrogens is 350 g/mol. The van der Waals surface area contributed by atoms with Crippen molar-refractivity contribution in [2.45, 2.75) is 25.1 Å². The Labute approximate surface area is 149 Å². The molecule has 0 saturated heterocycles. The largest absolute Gasteiger partial charge is 0.479 e. The minimum absolute atomic E-state index is 0.165. The Morgan fingerprint density at radius 1 is 1.33 bits per heavy atom. The average Bonchev–Trinajstić information content (AvgIpc) is 2.98. The first kappa shape index (κ1) is 18.4. The molecule has 1 amide bonds. The first-order chi connectivity index (χ1) is 11.3. The molecule has 0 radical (unpaired) electrons. The number of aliphatic carboxylic acids is 1. The summed E-state index contributed by atoms with van der Waals surface area (Å²) < 4.78 is 1.31. The number of carbonyl (C=O) groups excluding carboxylic acids is 1. The molecule has 0 unspecified atom stereocenters. The highest BCUT2D eigenvalue weighted by atomic mass is 35.5. The summed E-state index contributed by atoms with van der Waals surface area (Å²) in [6.07, 6.45) is 2.95. The van der Waals surface area contributed by atoms with Gasteiger partial charge in [-0.15, -0.1) is 11.8 Å². The maximum absolute atomic E-state index is 11.9.